The minimum absolute atomic E-state index is 0.0691. The first-order valence-corrected chi connectivity index (χ1v) is 10.2. The van der Waals surface area contributed by atoms with Crippen LogP contribution in [0.3, 0.4) is 0 Å². The van der Waals surface area contributed by atoms with Crippen molar-refractivity contribution in [3.05, 3.63) is 39.4 Å². The number of alkyl halides is 3. The average molecular weight is 433 g/mol. The van der Waals surface area contributed by atoms with Crippen molar-refractivity contribution in [1.29, 1.82) is 0 Å². The van der Waals surface area contributed by atoms with Crippen LogP contribution in [-0.4, -0.2) is 41.2 Å². The molecule has 156 valence electrons. The number of rotatable bonds is 3. The number of nitro benzene ring substituents is 1. The Morgan fingerprint density at radius 3 is 2.38 bits per heavy atom. The summed E-state index contributed by atoms with van der Waals surface area (Å²) in [6.45, 7) is 0. The smallest absolute Gasteiger partial charge is 0.298 e. The third-order valence-electron chi connectivity index (χ3n) is 5.45. The van der Waals surface area contributed by atoms with Crippen molar-refractivity contribution in [2.45, 2.75) is 36.6 Å². The highest BCUT2D eigenvalue weighted by Gasteiger charge is 2.60. The Labute approximate surface area is 162 Å². The molecule has 1 aliphatic heterocycles. The summed E-state index contributed by atoms with van der Waals surface area (Å²) in [5, 5.41) is 11.2. The van der Waals surface area contributed by atoms with E-state index in [0.29, 0.717) is 12.1 Å². The number of carbonyl (C=O) groups excluding carboxylic acids is 3. The lowest BCUT2D eigenvalue weighted by Crippen LogP contribution is -2.54. The molecule has 1 heterocycles. The molecular formula is C17H14F3NO7S. The Kier molecular flexibility index (Phi) is 4.88. The molecule has 2 aliphatic rings. The number of hydrogen-bond acceptors (Lipinski definition) is 7. The second-order valence-corrected chi connectivity index (χ2v) is 9.45. The molecule has 2 unspecified atom stereocenters. The van der Waals surface area contributed by atoms with Gasteiger partial charge >= 0.3 is 6.18 Å². The van der Waals surface area contributed by atoms with Crippen molar-refractivity contribution in [3.63, 3.8) is 0 Å². The molecule has 1 spiro atoms. The topological polar surface area (TPSA) is 128 Å². The molecule has 0 aromatic heterocycles. The van der Waals surface area contributed by atoms with Gasteiger partial charge in [0.25, 0.3) is 5.69 Å². The lowest BCUT2D eigenvalue weighted by atomic mass is 9.73. The molecule has 1 aromatic carbocycles. The molecule has 0 amide bonds. The van der Waals surface area contributed by atoms with E-state index < -0.39 is 72.2 Å². The molecule has 1 aromatic rings. The van der Waals surface area contributed by atoms with E-state index in [0.717, 1.165) is 0 Å². The lowest BCUT2D eigenvalue weighted by molar-refractivity contribution is -0.385. The van der Waals surface area contributed by atoms with E-state index in [2.05, 4.69) is 0 Å². The van der Waals surface area contributed by atoms with Crippen molar-refractivity contribution in [1.82, 2.24) is 0 Å². The van der Waals surface area contributed by atoms with E-state index in [9.17, 15) is 46.1 Å². The Balaban J connectivity index is 2.09. The first-order valence-electron chi connectivity index (χ1n) is 8.51. The van der Waals surface area contributed by atoms with Crippen LogP contribution in [0.1, 0.15) is 41.6 Å². The van der Waals surface area contributed by atoms with Gasteiger partial charge in [-0.25, -0.2) is 8.42 Å². The number of ketones is 3. The van der Waals surface area contributed by atoms with Crippen molar-refractivity contribution in [3.8, 4) is 0 Å². The maximum atomic E-state index is 12.9. The summed E-state index contributed by atoms with van der Waals surface area (Å²) < 4.78 is 61.5. The number of halogens is 3. The normalized spacial score (nSPS) is 26.7. The highest BCUT2D eigenvalue weighted by Crippen LogP contribution is 2.44. The second-order valence-electron chi connectivity index (χ2n) is 7.03. The minimum atomic E-state index is -4.91. The first-order chi connectivity index (χ1) is 13.3. The lowest BCUT2D eigenvalue weighted by Gasteiger charge is -2.33. The fourth-order valence-corrected chi connectivity index (χ4v) is 6.15. The SMILES string of the molecule is O=C1CCC2(CCCS2(=O)=O)C(=O)C1C(=O)c1ccc(C(F)(F)F)cc1[N+](=O)[O-]. The summed E-state index contributed by atoms with van der Waals surface area (Å²) >= 11 is 0. The molecule has 1 saturated carbocycles. The van der Waals surface area contributed by atoms with E-state index >= 15 is 0 Å². The zero-order valence-corrected chi connectivity index (χ0v) is 15.5. The van der Waals surface area contributed by atoms with Gasteiger partial charge in [0, 0.05) is 12.5 Å². The quantitative estimate of drug-likeness (QED) is 0.310. The van der Waals surface area contributed by atoms with E-state index in [-0.39, 0.29) is 31.1 Å². The molecule has 12 heteroatoms. The molecule has 2 atom stereocenters. The van der Waals surface area contributed by atoms with Crippen LogP contribution in [0.2, 0.25) is 0 Å². The number of nitro groups is 1. The average Bonchev–Trinajstić information content (AvgIpc) is 2.92. The summed E-state index contributed by atoms with van der Waals surface area (Å²) in [5.41, 5.74) is -3.43. The second kappa shape index (κ2) is 6.71. The Bertz CT molecular complexity index is 1050. The van der Waals surface area contributed by atoms with Gasteiger partial charge in [0.05, 0.1) is 21.8 Å². The summed E-state index contributed by atoms with van der Waals surface area (Å²) in [5.74, 6) is -5.78. The van der Waals surface area contributed by atoms with Gasteiger partial charge in [-0.1, -0.05) is 0 Å². The largest absolute Gasteiger partial charge is 0.416 e. The van der Waals surface area contributed by atoms with Gasteiger partial charge in [-0.15, -0.1) is 0 Å². The van der Waals surface area contributed by atoms with Crippen molar-refractivity contribution < 1.29 is 40.9 Å². The van der Waals surface area contributed by atoms with Crippen LogP contribution in [0.15, 0.2) is 18.2 Å². The van der Waals surface area contributed by atoms with Gasteiger partial charge in [-0.05, 0) is 31.4 Å². The maximum absolute atomic E-state index is 12.9. The first kappa shape index (κ1) is 21.1. The van der Waals surface area contributed by atoms with Gasteiger partial charge in [0.1, 0.15) is 10.7 Å². The van der Waals surface area contributed by atoms with Gasteiger partial charge in [-0.3, -0.25) is 24.5 Å². The molecule has 29 heavy (non-hydrogen) atoms. The van der Waals surface area contributed by atoms with E-state index in [1.165, 1.54) is 0 Å². The number of carbonyl (C=O) groups is 3. The molecule has 0 bridgehead atoms. The van der Waals surface area contributed by atoms with Crippen LogP contribution in [0.25, 0.3) is 0 Å². The molecular weight excluding hydrogens is 419 g/mol. The zero-order chi connectivity index (χ0) is 21.8. The molecule has 3 rings (SSSR count). The summed E-state index contributed by atoms with van der Waals surface area (Å²) in [6, 6.07) is 1.11. The van der Waals surface area contributed by atoms with E-state index in [1.807, 2.05) is 0 Å². The fourth-order valence-electron chi connectivity index (χ4n) is 3.95. The monoisotopic (exact) mass is 433 g/mol. The predicted octanol–water partition coefficient (Wildman–Crippen LogP) is 2.29. The van der Waals surface area contributed by atoms with Crippen molar-refractivity contribution >= 4 is 32.9 Å². The Hall–Kier alpha value is -2.63. The Morgan fingerprint density at radius 1 is 1.21 bits per heavy atom. The molecule has 0 N–H and O–H groups in total. The van der Waals surface area contributed by atoms with Crippen LogP contribution >= 0.6 is 0 Å². The minimum Gasteiger partial charge on any atom is -0.298 e. The standard InChI is InChI=1S/C17H14F3NO7S/c18-17(19,20)9-2-3-10(11(8-9)21(25)26)14(23)13-12(22)4-6-16(15(13)24)5-1-7-29(16,27)28/h2-3,8,13H,1,4-7H2. The van der Waals surface area contributed by atoms with Crippen LogP contribution in [-0.2, 0) is 25.6 Å². The van der Waals surface area contributed by atoms with Gasteiger partial charge < -0.3 is 0 Å². The van der Waals surface area contributed by atoms with Crippen LogP contribution in [0.5, 0.6) is 0 Å². The van der Waals surface area contributed by atoms with Gasteiger partial charge in [0.2, 0.25) is 0 Å². The van der Waals surface area contributed by atoms with Gasteiger partial charge in [-0.2, -0.15) is 13.2 Å². The summed E-state index contributed by atoms with van der Waals surface area (Å²) in [6.07, 6.45) is -5.48. The van der Waals surface area contributed by atoms with E-state index in [4.69, 9.17) is 0 Å². The van der Waals surface area contributed by atoms with Crippen LogP contribution < -0.4 is 0 Å². The molecule has 1 aliphatic carbocycles. The third-order valence-corrected chi connectivity index (χ3v) is 8.07. The highest BCUT2D eigenvalue weighted by molar-refractivity contribution is 7.93. The molecule has 0 radical (unpaired) electrons. The number of Topliss-reactive ketones (excluding diaryl/α,β-unsaturated/α-hetero) is 3. The highest BCUT2D eigenvalue weighted by atomic mass is 32.2. The number of sulfone groups is 1. The molecule has 1 saturated heterocycles. The van der Waals surface area contributed by atoms with Crippen molar-refractivity contribution in [2.24, 2.45) is 5.92 Å². The van der Waals surface area contributed by atoms with Crippen LogP contribution in [0.4, 0.5) is 18.9 Å². The summed E-state index contributed by atoms with van der Waals surface area (Å²) in [7, 11) is -3.92. The maximum Gasteiger partial charge on any atom is 0.416 e. The summed E-state index contributed by atoms with van der Waals surface area (Å²) in [4.78, 5) is 48.1. The third kappa shape index (κ3) is 3.24. The number of benzene rings is 1. The van der Waals surface area contributed by atoms with Crippen molar-refractivity contribution in [2.75, 3.05) is 5.75 Å². The number of hydrogen-bond donors (Lipinski definition) is 0. The molecule has 2 fully saturated rings. The fraction of sp³-hybridized carbons (Fsp3) is 0.471. The Morgan fingerprint density at radius 2 is 1.86 bits per heavy atom. The van der Waals surface area contributed by atoms with E-state index in [1.54, 1.807) is 0 Å². The zero-order valence-electron chi connectivity index (χ0n) is 14.7. The van der Waals surface area contributed by atoms with Gasteiger partial charge in [0.15, 0.2) is 27.2 Å². The van der Waals surface area contributed by atoms with Crippen LogP contribution in [0, 0.1) is 16.0 Å². The molecule has 8 nitrogen and oxygen atoms in total. The number of nitrogens with zero attached hydrogens (tertiary/aromatic N) is 1. The predicted molar refractivity (Wildman–Crippen MR) is 90.9 cm³/mol.